The van der Waals surface area contributed by atoms with E-state index in [1.165, 1.54) is 29.7 Å². The molecule has 2 aromatic rings. The van der Waals surface area contributed by atoms with Gasteiger partial charge in [-0.25, -0.2) is 0 Å². The fourth-order valence-corrected chi connectivity index (χ4v) is 4.52. The highest BCUT2D eigenvalue weighted by molar-refractivity contribution is 6.35. The Balaban J connectivity index is 1.74. The molecule has 1 aliphatic carbocycles. The number of nitrogens with zero attached hydrogens (tertiary/aromatic N) is 1. The minimum atomic E-state index is -0.156. The van der Waals surface area contributed by atoms with Crippen molar-refractivity contribution in [2.75, 3.05) is 33.0 Å². The first-order valence-corrected chi connectivity index (χ1v) is 10.7. The number of nitrogens with one attached hydrogen (secondary N) is 3. The maximum absolute atomic E-state index is 12.7. The molecule has 158 valence electrons. The predicted molar refractivity (Wildman–Crippen MR) is 121 cm³/mol. The van der Waals surface area contributed by atoms with Crippen LogP contribution in [0.3, 0.4) is 0 Å². The summed E-state index contributed by atoms with van der Waals surface area (Å²) in [6, 6.07) is 5.34. The second kappa shape index (κ2) is 8.48. The molecule has 0 saturated carbocycles. The molecular formula is C24H30N4O2. The van der Waals surface area contributed by atoms with E-state index < -0.39 is 0 Å². The third kappa shape index (κ3) is 3.92. The van der Waals surface area contributed by atoms with Gasteiger partial charge in [0.2, 0.25) is 0 Å². The first-order chi connectivity index (χ1) is 14.5. The maximum Gasteiger partial charge on any atom is 0.256 e. The lowest BCUT2D eigenvalue weighted by atomic mass is 9.92. The van der Waals surface area contributed by atoms with Crippen molar-refractivity contribution in [2.45, 2.75) is 38.5 Å². The molecular weight excluding hydrogens is 376 g/mol. The number of hydrogen-bond acceptors (Lipinski definition) is 3. The molecule has 4 rings (SSSR count). The summed E-state index contributed by atoms with van der Waals surface area (Å²) in [5, 5.41) is 5.58. The standard InChI is InChI=1S/C24H30N4O2/c1-25-23(29)15-10-11-21-18(13-15)19(24(30)27-21)14-22-17(8-6-12-28(2)3)16-7-4-5-9-20(16)26-22/h10-11,13-14,26H,4-9,12H2,1-3H3,(H,25,29)(H,27,30). The van der Waals surface area contributed by atoms with Gasteiger partial charge in [-0.15, -0.1) is 0 Å². The van der Waals surface area contributed by atoms with Crippen LogP contribution in [-0.2, 0) is 24.1 Å². The molecule has 1 aromatic heterocycles. The van der Waals surface area contributed by atoms with Gasteiger partial charge in [0, 0.05) is 35.2 Å². The number of hydrogen-bond donors (Lipinski definition) is 3. The topological polar surface area (TPSA) is 77.2 Å². The Kier molecular flexibility index (Phi) is 5.77. The number of fused-ring (bicyclic) bond motifs is 2. The van der Waals surface area contributed by atoms with Crippen LogP contribution in [0.4, 0.5) is 5.69 Å². The molecule has 0 spiro atoms. The molecule has 2 amide bonds. The average Bonchev–Trinajstić information content (AvgIpc) is 3.24. The van der Waals surface area contributed by atoms with E-state index in [2.05, 4.69) is 34.6 Å². The lowest BCUT2D eigenvalue weighted by Gasteiger charge is -2.14. The Bertz CT molecular complexity index is 1020. The van der Waals surface area contributed by atoms with Crippen molar-refractivity contribution in [3.8, 4) is 0 Å². The highest BCUT2D eigenvalue weighted by Gasteiger charge is 2.27. The van der Waals surface area contributed by atoms with Crippen LogP contribution in [0.5, 0.6) is 0 Å². The van der Waals surface area contributed by atoms with Gasteiger partial charge in [0.15, 0.2) is 0 Å². The average molecular weight is 407 g/mol. The van der Waals surface area contributed by atoms with E-state index in [1.807, 2.05) is 6.08 Å². The summed E-state index contributed by atoms with van der Waals surface area (Å²) in [5.74, 6) is -0.276. The van der Waals surface area contributed by atoms with Crippen LogP contribution in [0.15, 0.2) is 18.2 Å². The second-order valence-electron chi connectivity index (χ2n) is 8.44. The molecule has 0 atom stereocenters. The van der Waals surface area contributed by atoms with Gasteiger partial charge in [0.25, 0.3) is 11.8 Å². The lowest BCUT2D eigenvalue weighted by molar-refractivity contribution is -0.110. The Labute approximate surface area is 177 Å². The molecule has 6 heteroatoms. The molecule has 0 unspecified atom stereocenters. The lowest BCUT2D eigenvalue weighted by Crippen LogP contribution is -2.17. The molecule has 6 nitrogen and oxygen atoms in total. The Hall–Kier alpha value is -2.86. The number of aromatic amines is 1. The van der Waals surface area contributed by atoms with E-state index in [0.29, 0.717) is 11.1 Å². The number of carbonyl (C=O) groups is 2. The monoisotopic (exact) mass is 406 g/mol. The van der Waals surface area contributed by atoms with Crippen LogP contribution < -0.4 is 10.6 Å². The van der Waals surface area contributed by atoms with Crippen LogP contribution in [-0.4, -0.2) is 49.4 Å². The van der Waals surface area contributed by atoms with E-state index in [0.717, 1.165) is 49.2 Å². The van der Waals surface area contributed by atoms with E-state index in [4.69, 9.17) is 0 Å². The summed E-state index contributed by atoms with van der Waals surface area (Å²) in [5.41, 5.74) is 7.87. The van der Waals surface area contributed by atoms with Crippen molar-refractivity contribution < 1.29 is 9.59 Å². The SMILES string of the molecule is CNC(=O)c1ccc2c(c1)C(=Cc1[nH]c3c(c1CCCN(C)C)CCCC3)C(=O)N2. The van der Waals surface area contributed by atoms with Crippen LogP contribution in [0.2, 0.25) is 0 Å². The molecule has 3 N–H and O–H groups in total. The summed E-state index contributed by atoms with van der Waals surface area (Å²) in [7, 11) is 5.80. The third-order valence-electron chi connectivity index (χ3n) is 6.06. The van der Waals surface area contributed by atoms with E-state index in [-0.39, 0.29) is 11.8 Å². The number of aryl methyl sites for hydroxylation is 1. The normalized spacial score (nSPS) is 16.5. The molecule has 0 saturated heterocycles. The summed E-state index contributed by atoms with van der Waals surface area (Å²) in [4.78, 5) is 30.6. The van der Waals surface area contributed by atoms with Gasteiger partial charge >= 0.3 is 0 Å². The molecule has 2 aliphatic rings. The van der Waals surface area contributed by atoms with E-state index >= 15 is 0 Å². The minimum Gasteiger partial charge on any atom is -0.358 e. The Morgan fingerprint density at radius 1 is 1.23 bits per heavy atom. The van der Waals surface area contributed by atoms with E-state index in [1.54, 1.807) is 25.2 Å². The number of carbonyl (C=O) groups excluding carboxylic acids is 2. The zero-order valence-electron chi connectivity index (χ0n) is 18.0. The van der Waals surface area contributed by atoms with Gasteiger partial charge in [0.1, 0.15) is 0 Å². The summed E-state index contributed by atoms with van der Waals surface area (Å²) >= 11 is 0. The van der Waals surface area contributed by atoms with Gasteiger partial charge in [-0.05, 0) is 94.6 Å². The number of aromatic nitrogens is 1. The summed E-state index contributed by atoms with van der Waals surface area (Å²) in [6.45, 7) is 1.04. The first-order valence-electron chi connectivity index (χ1n) is 10.7. The fourth-order valence-electron chi connectivity index (χ4n) is 4.52. The van der Waals surface area contributed by atoms with Crippen LogP contribution in [0, 0.1) is 0 Å². The van der Waals surface area contributed by atoms with Gasteiger partial charge in [-0.1, -0.05) is 0 Å². The van der Waals surface area contributed by atoms with E-state index in [9.17, 15) is 9.59 Å². The number of amides is 2. The largest absolute Gasteiger partial charge is 0.358 e. The molecule has 2 heterocycles. The Morgan fingerprint density at radius 3 is 2.80 bits per heavy atom. The molecule has 30 heavy (non-hydrogen) atoms. The number of benzene rings is 1. The number of rotatable bonds is 6. The zero-order valence-corrected chi connectivity index (χ0v) is 18.0. The molecule has 0 fully saturated rings. The maximum atomic E-state index is 12.7. The van der Waals surface area contributed by atoms with Crippen molar-refractivity contribution in [3.05, 3.63) is 51.8 Å². The van der Waals surface area contributed by atoms with Crippen LogP contribution in [0.25, 0.3) is 11.6 Å². The first kappa shape index (κ1) is 20.4. The van der Waals surface area contributed by atoms with Crippen molar-refractivity contribution in [1.82, 2.24) is 15.2 Å². The molecule has 0 radical (unpaired) electrons. The number of anilines is 1. The molecule has 0 bridgehead atoms. The smallest absolute Gasteiger partial charge is 0.256 e. The van der Waals surface area contributed by atoms with Gasteiger partial charge in [-0.2, -0.15) is 0 Å². The zero-order chi connectivity index (χ0) is 21.3. The molecule has 1 aromatic carbocycles. The number of H-pyrrole nitrogens is 1. The quantitative estimate of drug-likeness (QED) is 0.645. The summed E-state index contributed by atoms with van der Waals surface area (Å²) in [6.07, 6.45) is 8.67. The highest BCUT2D eigenvalue weighted by atomic mass is 16.2. The molecule has 1 aliphatic heterocycles. The fraction of sp³-hybridized carbons (Fsp3) is 0.417. The van der Waals surface area contributed by atoms with Gasteiger partial charge < -0.3 is 20.5 Å². The van der Waals surface area contributed by atoms with Crippen molar-refractivity contribution in [2.24, 2.45) is 0 Å². The highest BCUT2D eigenvalue weighted by Crippen LogP contribution is 2.36. The second-order valence-corrected chi connectivity index (χ2v) is 8.44. The summed E-state index contributed by atoms with van der Waals surface area (Å²) < 4.78 is 0. The van der Waals surface area contributed by atoms with Crippen LogP contribution in [0.1, 0.15) is 57.7 Å². The minimum absolute atomic E-state index is 0.120. The van der Waals surface area contributed by atoms with Crippen molar-refractivity contribution in [1.29, 1.82) is 0 Å². The Morgan fingerprint density at radius 2 is 2.03 bits per heavy atom. The van der Waals surface area contributed by atoms with Crippen LogP contribution >= 0.6 is 0 Å². The van der Waals surface area contributed by atoms with Gasteiger partial charge in [0.05, 0.1) is 5.57 Å². The predicted octanol–water partition coefficient (Wildman–Crippen LogP) is 3.24. The van der Waals surface area contributed by atoms with Gasteiger partial charge in [-0.3, -0.25) is 9.59 Å². The van der Waals surface area contributed by atoms with Crippen molar-refractivity contribution >= 4 is 29.2 Å². The third-order valence-corrected chi connectivity index (χ3v) is 6.06. The van der Waals surface area contributed by atoms with Crippen molar-refractivity contribution in [3.63, 3.8) is 0 Å².